The predicted octanol–water partition coefficient (Wildman–Crippen LogP) is 2.92. The summed E-state index contributed by atoms with van der Waals surface area (Å²) in [5.41, 5.74) is 2.15. The van der Waals surface area contributed by atoms with Crippen molar-refractivity contribution in [3.63, 3.8) is 0 Å². The van der Waals surface area contributed by atoms with Crippen molar-refractivity contribution in [2.24, 2.45) is 0 Å². The van der Waals surface area contributed by atoms with Crippen molar-refractivity contribution in [3.05, 3.63) is 41.6 Å². The number of pyridine rings is 1. The average Bonchev–Trinajstić information content (AvgIpc) is 2.16. The number of hydrogen-bond donors (Lipinski definition) is 0. The molecule has 2 rings (SSSR count). The fourth-order valence-corrected chi connectivity index (χ4v) is 1.64. The second-order valence-corrected chi connectivity index (χ2v) is 3.50. The van der Waals surface area contributed by atoms with Crippen molar-refractivity contribution in [1.29, 1.82) is 0 Å². The van der Waals surface area contributed by atoms with E-state index in [1.807, 2.05) is 25.1 Å². The van der Waals surface area contributed by atoms with E-state index in [4.69, 9.17) is 11.6 Å². The zero-order valence-corrected chi connectivity index (χ0v) is 8.38. The highest BCUT2D eigenvalue weighted by Gasteiger charge is 2.08. The van der Waals surface area contributed by atoms with Crippen molar-refractivity contribution in [2.45, 2.75) is 6.92 Å². The fourth-order valence-electron chi connectivity index (χ4n) is 1.49. The molecule has 14 heavy (non-hydrogen) atoms. The Bertz CT molecular complexity index is 508. The normalized spacial score (nSPS) is 10.4. The first kappa shape index (κ1) is 9.16. The van der Waals surface area contributed by atoms with E-state index < -0.39 is 5.24 Å². The zero-order chi connectivity index (χ0) is 10.1. The highest BCUT2D eigenvalue weighted by molar-refractivity contribution is 6.68. The van der Waals surface area contributed by atoms with Gasteiger partial charge in [-0.1, -0.05) is 6.07 Å². The first-order valence-electron chi connectivity index (χ1n) is 4.23. The van der Waals surface area contributed by atoms with E-state index in [9.17, 15) is 4.79 Å². The van der Waals surface area contributed by atoms with Gasteiger partial charge in [-0.15, -0.1) is 0 Å². The first-order chi connectivity index (χ1) is 6.68. The maximum Gasteiger partial charge on any atom is 0.254 e. The van der Waals surface area contributed by atoms with Crippen molar-refractivity contribution >= 4 is 27.7 Å². The highest BCUT2D eigenvalue weighted by atomic mass is 35.5. The molecule has 0 N–H and O–H groups in total. The lowest BCUT2D eigenvalue weighted by Gasteiger charge is -2.02. The summed E-state index contributed by atoms with van der Waals surface area (Å²) in [6.45, 7) is 1.93. The summed E-state index contributed by atoms with van der Waals surface area (Å²) in [6.07, 6.45) is 1.65. The topological polar surface area (TPSA) is 30.0 Å². The number of benzene rings is 1. The molecule has 1 aromatic carbocycles. The molecule has 0 unspecified atom stereocenters. The summed E-state index contributed by atoms with van der Waals surface area (Å²) in [5, 5.41) is 0.480. The Morgan fingerprint density at radius 3 is 2.93 bits per heavy atom. The van der Waals surface area contributed by atoms with Crippen LogP contribution in [-0.4, -0.2) is 10.2 Å². The minimum Gasteiger partial charge on any atom is -0.276 e. The number of halogens is 1. The highest BCUT2D eigenvalue weighted by Crippen LogP contribution is 2.19. The molecule has 0 aliphatic carbocycles. The molecule has 0 bridgehead atoms. The maximum absolute atomic E-state index is 11.1. The molecule has 70 valence electrons. The van der Waals surface area contributed by atoms with Gasteiger partial charge in [0, 0.05) is 11.6 Å². The molecule has 2 aromatic rings. The van der Waals surface area contributed by atoms with Crippen LogP contribution in [0.3, 0.4) is 0 Å². The van der Waals surface area contributed by atoms with Gasteiger partial charge in [0.25, 0.3) is 5.24 Å². The van der Waals surface area contributed by atoms with Gasteiger partial charge in [0.15, 0.2) is 0 Å². The summed E-state index contributed by atoms with van der Waals surface area (Å²) < 4.78 is 0. The molecule has 0 saturated heterocycles. The third-order valence-corrected chi connectivity index (χ3v) is 2.26. The lowest BCUT2D eigenvalue weighted by molar-refractivity contribution is 0.108. The Morgan fingerprint density at radius 1 is 1.43 bits per heavy atom. The van der Waals surface area contributed by atoms with Crippen LogP contribution >= 0.6 is 11.6 Å². The Morgan fingerprint density at radius 2 is 2.21 bits per heavy atom. The van der Waals surface area contributed by atoms with Crippen LogP contribution in [0.2, 0.25) is 0 Å². The molecule has 1 aromatic heterocycles. The molecule has 0 atom stereocenters. The molecule has 0 fully saturated rings. The SMILES string of the molecule is Cc1cc(C(=O)Cl)c2ncccc2c1. The summed E-state index contributed by atoms with van der Waals surface area (Å²) >= 11 is 5.48. The van der Waals surface area contributed by atoms with Crippen LogP contribution in [0.1, 0.15) is 15.9 Å². The lowest BCUT2D eigenvalue weighted by Crippen LogP contribution is -1.94. The standard InChI is InChI=1S/C11H8ClNO/c1-7-5-8-3-2-4-13-10(8)9(6-7)11(12)14/h2-6H,1H3. The Kier molecular flexibility index (Phi) is 2.22. The molecule has 0 aliphatic rings. The number of carbonyl (C=O) groups excluding carboxylic acids is 1. The predicted molar refractivity (Wildman–Crippen MR) is 56.7 cm³/mol. The fraction of sp³-hybridized carbons (Fsp3) is 0.0909. The van der Waals surface area contributed by atoms with E-state index in [0.29, 0.717) is 11.1 Å². The van der Waals surface area contributed by atoms with Gasteiger partial charge in [0.1, 0.15) is 0 Å². The Hall–Kier alpha value is -1.41. The minimum absolute atomic E-state index is 0.461. The third-order valence-electron chi connectivity index (χ3n) is 2.06. The van der Waals surface area contributed by atoms with Gasteiger partial charge in [-0.25, -0.2) is 0 Å². The molecule has 0 aliphatic heterocycles. The molecule has 1 heterocycles. The van der Waals surface area contributed by atoms with Crippen molar-refractivity contribution in [3.8, 4) is 0 Å². The quantitative estimate of drug-likeness (QED) is 0.670. The van der Waals surface area contributed by atoms with Gasteiger partial charge < -0.3 is 0 Å². The molecular weight excluding hydrogens is 198 g/mol. The second kappa shape index (κ2) is 3.39. The molecule has 0 spiro atoms. The zero-order valence-electron chi connectivity index (χ0n) is 7.62. The van der Waals surface area contributed by atoms with Gasteiger partial charge in [-0.2, -0.15) is 0 Å². The number of nitrogens with zero attached hydrogens (tertiary/aromatic N) is 1. The smallest absolute Gasteiger partial charge is 0.254 e. The van der Waals surface area contributed by atoms with E-state index >= 15 is 0 Å². The van der Waals surface area contributed by atoms with Gasteiger partial charge in [0.05, 0.1) is 11.1 Å². The van der Waals surface area contributed by atoms with E-state index in [2.05, 4.69) is 4.98 Å². The van der Waals surface area contributed by atoms with E-state index in [1.54, 1.807) is 12.3 Å². The number of aromatic nitrogens is 1. The lowest BCUT2D eigenvalue weighted by atomic mass is 10.1. The first-order valence-corrected chi connectivity index (χ1v) is 4.61. The van der Waals surface area contributed by atoms with Gasteiger partial charge in [0.2, 0.25) is 0 Å². The average molecular weight is 206 g/mol. The summed E-state index contributed by atoms with van der Waals surface area (Å²) in [4.78, 5) is 15.3. The van der Waals surface area contributed by atoms with Crippen LogP contribution in [-0.2, 0) is 0 Å². The molecule has 3 heteroatoms. The molecule has 0 radical (unpaired) electrons. The molecule has 2 nitrogen and oxygen atoms in total. The number of hydrogen-bond acceptors (Lipinski definition) is 2. The number of rotatable bonds is 1. The summed E-state index contributed by atoms with van der Waals surface area (Å²) in [7, 11) is 0. The van der Waals surface area contributed by atoms with Crippen LogP contribution in [0.5, 0.6) is 0 Å². The monoisotopic (exact) mass is 205 g/mol. The van der Waals surface area contributed by atoms with E-state index in [0.717, 1.165) is 10.9 Å². The van der Waals surface area contributed by atoms with Crippen LogP contribution in [0, 0.1) is 6.92 Å². The Labute approximate surface area is 86.5 Å². The number of carbonyl (C=O) groups is 1. The van der Waals surface area contributed by atoms with Crippen molar-refractivity contribution in [2.75, 3.05) is 0 Å². The third kappa shape index (κ3) is 1.49. The summed E-state index contributed by atoms with van der Waals surface area (Å²) in [5.74, 6) is 0. The second-order valence-electron chi connectivity index (χ2n) is 3.16. The van der Waals surface area contributed by atoms with Crippen molar-refractivity contribution in [1.82, 2.24) is 4.98 Å². The van der Waals surface area contributed by atoms with Gasteiger partial charge >= 0.3 is 0 Å². The van der Waals surface area contributed by atoms with Crippen LogP contribution in [0.25, 0.3) is 10.9 Å². The summed E-state index contributed by atoms with van der Waals surface area (Å²) in [6, 6.07) is 7.49. The maximum atomic E-state index is 11.1. The Balaban J connectivity index is 2.87. The minimum atomic E-state index is -0.461. The van der Waals surface area contributed by atoms with Crippen LogP contribution in [0.15, 0.2) is 30.5 Å². The van der Waals surface area contributed by atoms with Gasteiger partial charge in [-0.05, 0) is 42.3 Å². The molecule has 0 saturated carbocycles. The molecular formula is C11H8ClNO. The van der Waals surface area contributed by atoms with Crippen molar-refractivity contribution < 1.29 is 4.79 Å². The van der Waals surface area contributed by atoms with E-state index in [-0.39, 0.29) is 0 Å². The largest absolute Gasteiger partial charge is 0.276 e. The van der Waals surface area contributed by atoms with Crippen LogP contribution in [0.4, 0.5) is 0 Å². The van der Waals surface area contributed by atoms with Gasteiger partial charge in [-0.3, -0.25) is 9.78 Å². The molecule has 0 amide bonds. The van der Waals surface area contributed by atoms with E-state index in [1.165, 1.54) is 0 Å². The number of fused-ring (bicyclic) bond motifs is 1. The number of aryl methyl sites for hydroxylation is 1. The van der Waals surface area contributed by atoms with Crippen LogP contribution < -0.4 is 0 Å².